The lowest BCUT2D eigenvalue weighted by Crippen LogP contribution is -2.35. The van der Waals surface area contributed by atoms with E-state index in [1.807, 2.05) is 20.8 Å². The summed E-state index contributed by atoms with van der Waals surface area (Å²) in [5.74, 6) is -2.64. The average Bonchev–Trinajstić information content (AvgIpc) is 2.37. The summed E-state index contributed by atoms with van der Waals surface area (Å²) in [5, 5.41) is 0. The van der Waals surface area contributed by atoms with E-state index in [1.54, 1.807) is 4.98 Å². The normalized spacial score (nSPS) is 11.2. The van der Waals surface area contributed by atoms with Crippen molar-refractivity contribution < 1.29 is 18.7 Å². The monoisotopic (exact) mass is 300 g/mol. The molecule has 0 saturated heterocycles. The number of aromatic nitrogens is 2. The fourth-order valence-electron chi connectivity index (χ4n) is 1.33. The smallest absolute Gasteiger partial charge is 0.335 e. The molecule has 1 aromatic rings. The van der Waals surface area contributed by atoms with Crippen molar-refractivity contribution in [2.45, 2.75) is 33.6 Å². The first-order valence-electron chi connectivity index (χ1n) is 6.30. The van der Waals surface area contributed by atoms with E-state index in [-0.39, 0.29) is 24.9 Å². The molecule has 0 radical (unpaired) electrons. The Morgan fingerprint density at radius 3 is 2.48 bits per heavy atom. The predicted octanol–water partition coefficient (Wildman–Crippen LogP) is 0.685. The highest BCUT2D eigenvalue weighted by atomic mass is 19.1. The fraction of sp³-hybridized carbons (Fsp3) is 0.538. The molecule has 1 rings (SSSR count). The van der Waals surface area contributed by atoms with Crippen molar-refractivity contribution in [3.05, 3.63) is 32.9 Å². The van der Waals surface area contributed by atoms with Crippen molar-refractivity contribution >= 4 is 11.9 Å². The summed E-state index contributed by atoms with van der Waals surface area (Å²) in [6, 6.07) is 0. The third kappa shape index (κ3) is 5.33. The molecule has 0 atom stereocenters. The third-order valence-corrected chi connectivity index (χ3v) is 2.38. The number of hydrogen-bond acceptors (Lipinski definition) is 5. The van der Waals surface area contributed by atoms with Crippen LogP contribution in [0.5, 0.6) is 0 Å². The number of ether oxygens (including phenoxy) is 1. The van der Waals surface area contributed by atoms with Crippen LogP contribution >= 0.6 is 0 Å². The lowest BCUT2D eigenvalue weighted by atomic mass is 9.99. The highest BCUT2D eigenvalue weighted by Crippen LogP contribution is 2.13. The number of hydrogen-bond donors (Lipinski definition) is 1. The third-order valence-electron chi connectivity index (χ3n) is 2.38. The van der Waals surface area contributed by atoms with Crippen LogP contribution < -0.4 is 11.2 Å². The number of rotatable bonds is 4. The van der Waals surface area contributed by atoms with Gasteiger partial charge in [0.2, 0.25) is 11.7 Å². The molecule has 1 N–H and O–H groups in total. The van der Waals surface area contributed by atoms with Crippen molar-refractivity contribution in [3.63, 3.8) is 0 Å². The van der Waals surface area contributed by atoms with E-state index < -0.39 is 28.9 Å². The Balaban J connectivity index is 2.63. The second-order valence-electron chi connectivity index (χ2n) is 5.72. The molecule has 1 heterocycles. The van der Waals surface area contributed by atoms with Crippen molar-refractivity contribution in [1.29, 1.82) is 0 Å². The van der Waals surface area contributed by atoms with Gasteiger partial charge >= 0.3 is 11.7 Å². The van der Waals surface area contributed by atoms with Crippen LogP contribution in [0.25, 0.3) is 0 Å². The molecule has 116 valence electrons. The SMILES string of the molecule is CC(C)(C)COC(=O)CCC(=O)n1cc(F)c(=O)[nH]c1=O. The number of esters is 1. The highest BCUT2D eigenvalue weighted by Gasteiger charge is 2.16. The summed E-state index contributed by atoms with van der Waals surface area (Å²) in [4.78, 5) is 47.0. The zero-order valence-corrected chi connectivity index (χ0v) is 12.1. The average molecular weight is 300 g/mol. The summed E-state index contributed by atoms with van der Waals surface area (Å²) < 4.78 is 18.4. The Bertz CT molecular complexity index is 654. The van der Waals surface area contributed by atoms with E-state index in [4.69, 9.17) is 4.74 Å². The van der Waals surface area contributed by atoms with Gasteiger partial charge in [0.25, 0.3) is 5.56 Å². The Morgan fingerprint density at radius 2 is 1.90 bits per heavy atom. The van der Waals surface area contributed by atoms with Crippen LogP contribution in [0.15, 0.2) is 15.8 Å². The molecule has 0 spiro atoms. The largest absolute Gasteiger partial charge is 0.465 e. The Hall–Kier alpha value is -2.25. The molecular formula is C13H17FN2O5. The maximum absolute atomic E-state index is 13.0. The number of H-pyrrole nitrogens is 1. The maximum atomic E-state index is 13.0. The molecule has 0 aliphatic heterocycles. The summed E-state index contributed by atoms with van der Waals surface area (Å²) >= 11 is 0. The maximum Gasteiger partial charge on any atom is 0.335 e. The van der Waals surface area contributed by atoms with E-state index >= 15 is 0 Å². The van der Waals surface area contributed by atoms with Gasteiger partial charge in [-0.15, -0.1) is 0 Å². The van der Waals surface area contributed by atoms with E-state index in [1.165, 1.54) is 0 Å². The minimum atomic E-state index is -1.25. The molecule has 0 fully saturated rings. The first-order chi connectivity index (χ1) is 9.60. The molecule has 0 aliphatic carbocycles. The first-order valence-corrected chi connectivity index (χ1v) is 6.30. The predicted molar refractivity (Wildman–Crippen MR) is 71.6 cm³/mol. The van der Waals surface area contributed by atoms with Gasteiger partial charge in [0, 0.05) is 6.42 Å². The van der Waals surface area contributed by atoms with Crippen molar-refractivity contribution in [2.24, 2.45) is 5.41 Å². The fourth-order valence-corrected chi connectivity index (χ4v) is 1.33. The van der Waals surface area contributed by atoms with Gasteiger partial charge < -0.3 is 4.74 Å². The standard InChI is InChI=1S/C13H17FN2O5/c1-13(2,3)7-21-10(18)5-4-9(17)16-6-8(14)11(19)15-12(16)20/h6H,4-5,7H2,1-3H3,(H,15,19,20). The molecule has 0 aliphatic rings. The number of halogens is 1. The van der Waals surface area contributed by atoms with Gasteiger partial charge in [0.05, 0.1) is 19.2 Å². The summed E-state index contributed by atoms with van der Waals surface area (Å²) in [5.41, 5.74) is -2.44. The van der Waals surface area contributed by atoms with E-state index in [2.05, 4.69) is 0 Å². The molecule has 0 unspecified atom stereocenters. The minimum absolute atomic E-state index is 0.196. The zero-order chi connectivity index (χ0) is 16.2. The van der Waals surface area contributed by atoms with Crippen LogP contribution in [0, 0.1) is 11.2 Å². The van der Waals surface area contributed by atoms with Gasteiger partial charge in [-0.3, -0.25) is 19.4 Å². The van der Waals surface area contributed by atoms with E-state index in [0.29, 0.717) is 10.8 Å². The minimum Gasteiger partial charge on any atom is -0.465 e. The van der Waals surface area contributed by atoms with Crippen molar-refractivity contribution in [3.8, 4) is 0 Å². The number of carbonyl (C=O) groups excluding carboxylic acids is 2. The summed E-state index contributed by atoms with van der Waals surface area (Å²) in [6.45, 7) is 5.85. The van der Waals surface area contributed by atoms with Crippen LogP contribution in [0.2, 0.25) is 0 Å². The second kappa shape index (κ2) is 6.47. The number of aromatic amines is 1. The van der Waals surface area contributed by atoms with Crippen LogP contribution in [0.3, 0.4) is 0 Å². The van der Waals surface area contributed by atoms with Crippen LogP contribution in [-0.2, 0) is 9.53 Å². The van der Waals surface area contributed by atoms with Gasteiger partial charge in [-0.2, -0.15) is 4.39 Å². The topological polar surface area (TPSA) is 98.2 Å². The number of nitrogens with one attached hydrogen (secondary N) is 1. The second-order valence-corrected chi connectivity index (χ2v) is 5.72. The zero-order valence-electron chi connectivity index (χ0n) is 12.1. The van der Waals surface area contributed by atoms with Gasteiger partial charge in [-0.05, 0) is 5.41 Å². The molecule has 21 heavy (non-hydrogen) atoms. The van der Waals surface area contributed by atoms with Gasteiger partial charge in [-0.1, -0.05) is 20.8 Å². The molecule has 0 saturated carbocycles. The Labute approximate surface area is 119 Å². The van der Waals surface area contributed by atoms with E-state index in [0.717, 1.165) is 0 Å². The highest BCUT2D eigenvalue weighted by molar-refractivity contribution is 5.82. The molecular weight excluding hydrogens is 283 g/mol. The molecule has 0 aromatic carbocycles. The number of nitrogens with zero attached hydrogens (tertiary/aromatic N) is 1. The first kappa shape index (κ1) is 16.8. The van der Waals surface area contributed by atoms with E-state index in [9.17, 15) is 23.6 Å². The van der Waals surface area contributed by atoms with Crippen LogP contribution in [-0.4, -0.2) is 28.0 Å². The quantitative estimate of drug-likeness (QED) is 0.825. The van der Waals surface area contributed by atoms with Gasteiger partial charge in [0.1, 0.15) is 0 Å². The van der Waals surface area contributed by atoms with Crippen LogP contribution in [0.4, 0.5) is 4.39 Å². The molecule has 0 bridgehead atoms. The molecule has 1 aromatic heterocycles. The number of carbonyl (C=O) groups is 2. The lowest BCUT2D eigenvalue weighted by molar-refractivity contribution is -0.146. The molecule has 0 amide bonds. The van der Waals surface area contributed by atoms with Gasteiger partial charge in [-0.25, -0.2) is 9.36 Å². The Morgan fingerprint density at radius 1 is 1.29 bits per heavy atom. The van der Waals surface area contributed by atoms with Crippen molar-refractivity contribution in [2.75, 3.05) is 6.61 Å². The summed E-state index contributed by atoms with van der Waals surface area (Å²) in [7, 11) is 0. The lowest BCUT2D eigenvalue weighted by Gasteiger charge is -2.17. The van der Waals surface area contributed by atoms with Gasteiger partial charge in [0.15, 0.2) is 0 Å². The van der Waals surface area contributed by atoms with Crippen molar-refractivity contribution in [1.82, 2.24) is 9.55 Å². The molecule has 8 heteroatoms. The summed E-state index contributed by atoms with van der Waals surface area (Å²) in [6.07, 6.45) is -0.0551. The van der Waals surface area contributed by atoms with Crippen LogP contribution in [0.1, 0.15) is 38.4 Å². The molecule has 7 nitrogen and oxygen atoms in total. The Kier molecular flexibility index (Phi) is 5.17.